The number of halogens is 1. The van der Waals surface area contributed by atoms with Crippen LogP contribution in [0.4, 0.5) is 10.2 Å². The summed E-state index contributed by atoms with van der Waals surface area (Å²) in [4.78, 5) is 17.6. The minimum absolute atomic E-state index is 0.261. The van der Waals surface area contributed by atoms with Crippen LogP contribution in [0.15, 0.2) is 48.9 Å². The molecule has 0 N–H and O–H groups in total. The van der Waals surface area contributed by atoms with E-state index in [4.69, 9.17) is 0 Å². The standard InChI is InChI=1S/C19H20FN5/c20-16-6-3-7-17-18(16)19(23-14-22-17)25-10-4-9-24(11-12-25)13-15-5-1-2-8-21-15/h1-3,5-8,14H,4,9-13H2. The lowest BCUT2D eigenvalue weighted by Crippen LogP contribution is -2.31. The lowest BCUT2D eigenvalue weighted by molar-refractivity contribution is 0.282. The molecule has 0 unspecified atom stereocenters. The highest BCUT2D eigenvalue weighted by molar-refractivity contribution is 5.89. The Morgan fingerprint density at radius 2 is 1.88 bits per heavy atom. The van der Waals surface area contributed by atoms with Crippen molar-refractivity contribution < 1.29 is 4.39 Å². The molecular formula is C19H20FN5. The van der Waals surface area contributed by atoms with Crippen molar-refractivity contribution in [2.75, 3.05) is 31.1 Å². The predicted molar refractivity (Wildman–Crippen MR) is 95.8 cm³/mol. The molecule has 0 saturated carbocycles. The Hall–Kier alpha value is -2.60. The number of anilines is 1. The molecule has 0 amide bonds. The van der Waals surface area contributed by atoms with Crippen LogP contribution < -0.4 is 4.90 Å². The van der Waals surface area contributed by atoms with Crippen LogP contribution in [-0.4, -0.2) is 46.0 Å². The Balaban J connectivity index is 1.54. The second-order valence-electron chi connectivity index (χ2n) is 6.27. The Bertz CT molecular complexity index is 850. The van der Waals surface area contributed by atoms with Gasteiger partial charge in [0, 0.05) is 38.9 Å². The summed E-state index contributed by atoms with van der Waals surface area (Å²) in [6.45, 7) is 4.41. The molecule has 3 heterocycles. The average Bonchev–Trinajstić information content (AvgIpc) is 2.88. The number of nitrogens with zero attached hydrogens (tertiary/aromatic N) is 5. The van der Waals surface area contributed by atoms with E-state index in [-0.39, 0.29) is 5.82 Å². The van der Waals surface area contributed by atoms with Gasteiger partial charge in [-0.1, -0.05) is 12.1 Å². The van der Waals surface area contributed by atoms with Gasteiger partial charge in [-0.25, -0.2) is 14.4 Å². The van der Waals surface area contributed by atoms with Gasteiger partial charge in [-0.3, -0.25) is 9.88 Å². The highest BCUT2D eigenvalue weighted by atomic mass is 19.1. The Morgan fingerprint density at radius 3 is 2.76 bits per heavy atom. The van der Waals surface area contributed by atoms with Gasteiger partial charge in [-0.15, -0.1) is 0 Å². The smallest absolute Gasteiger partial charge is 0.142 e. The minimum Gasteiger partial charge on any atom is -0.355 e. The van der Waals surface area contributed by atoms with Crippen molar-refractivity contribution in [2.24, 2.45) is 0 Å². The first-order valence-electron chi connectivity index (χ1n) is 8.58. The molecule has 0 radical (unpaired) electrons. The van der Waals surface area contributed by atoms with Gasteiger partial charge in [0.2, 0.25) is 0 Å². The number of rotatable bonds is 3. The third-order valence-electron chi connectivity index (χ3n) is 4.59. The molecule has 25 heavy (non-hydrogen) atoms. The van der Waals surface area contributed by atoms with E-state index in [9.17, 15) is 4.39 Å². The van der Waals surface area contributed by atoms with E-state index in [0.717, 1.165) is 44.8 Å². The van der Waals surface area contributed by atoms with Crippen molar-refractivity contribution in [1.82, 2.24) is 19.9 Å². The first-order chi connectivity index (χ1) is 12.3. The van der Waals surface area contributed by atoms with Crippen LogP contribution in [0.5, 0.6) is 0 Å². The fraction of sp³-hybridized carbons (Fsp3) is 0.316. The quantitative estimate of drug-likeness (QED) is 0.735. The summed E-state index contributed by atoms with van der Waals surface area (Å²) in [6.07, 6.45) is 4.36. The molecule has 1 aliphatic heterocycles. The molecule has 1 aromatic carbocycles. The third kappa shape index (κ3) is 3.44. The number of pyridine rings is 1. The molecule has 1 aliphatic rings. The zero-order chi connectivity index (χ0) is 17.1. The number of hydrogen-bond donors (Lipinski definition) is 0. The lowest BCUT2D eigenvalue weighted by Gasteiger charge is -2.23. The fourth-order valence-corrected chi connectivity index (χ4v) is 3.35. The highest BCUT2D eigenvalue weighted by Crippen LogP contribution is 2.26. The van der Waals surface area contributed by atoms with Crippen LogP contribution in [0.2, 0.25) is 0 Å². The van der Waals surface area contributed by atoms with Crippen molar-refractivity contribution in [3.05, 3.63) is 60.4 Å². The summed E-state index contributed by atoms with van der Waals surface area (Å²) in [6, 6.07) is 11.0. The van der Waals surface area contributed by atoms with Gasteiger partial charge in [0.15, 0.2) is 0 Å². The van der Waals surface area contributed by atoms with E-state index in [1.54, 1.807) is 6.07 Å². The summed E-state index contributed by atoms with van der Waals surface area (Å²) < 4.78 is 14.3. The molecule has 1 fully saturated rings. The Morgan fingerprint density at radius 1 is 0.920 bits per heavy atom. The van der Waals surface area contributed by atoms with E-state index in [0.29, 0.717) is 16.7 Å². The topological polar surface area (TPSA) is 45.2 Å². The summed E-state index contributed by atoms with van der Waals surface area (Å²) in [7, 11) is 0. The fourth-order valence-electron chi connectivity index (χ4n) is 3.35. The monoisotopic (exact) mass is 337 g/mol. The molecule has 0 atom stereocenters. The van der Waals surface area contributed by atoms with Crippen molar-refractivity contribution >= 4 is 16.7 Å². The van der Waals surface area contributed by atoms with Gasteiger partial charge >= 0.3 is 0 Å². The second kappa shape index (κ2) is 7.11. The first-order valence-corrected chi connectivity index (χ1v) is 8.58. The summed E-state index contributed by atoms with van der Waals surface area (Å²) >= 11 is 0. The van der Waals surface area contributed by atoms with Crippen molar-refractivity contribution in [1.29, 1.82) is 0 Å². The molecule has 128 valence electrons. The van der Waals surface area contributed by atoms with Crippen LogP contribution >= 0.6 is 0 Å². The highest BCUT2D eigenvalue weighted by Gasteiger charge is 2.19. The lowest BCUT2D eigenvalue weighted by atomic mass is 10.2. The SMILES string of the molecule is Fc1cccc2ncnc(N3CCCN(Cc4ccccn4)CC3)c12. The van der Waals surface area contributed by atoms with Gasteiger partial charge in [0.25, 0.3) is 0 Å². The summed E-state index contributed by atoms with van der Waals surface area (Å²) in [5, 5.41) is 0.517. The third-order valence-corrected chi connectivity index (χ3v) is 4.59. The average molecular weight is 337 g/mol. The number of benzene rings is 1. The molecule has 0 bridgehead atoms. The van der Waals surface area contributed by atoms with E-state index in [1.165, 1.54) is 12.4 Å². The maximum atomic E-state index is 14.3. The van der Waals surface area contributed by atoms with E-state index < -0.39 is 0 Å². The van der Waals surface area contributed by atoms with E-state index in [1.807, 2.05) is 24.4 Å². The Labute approximate surface area is 146 Å². The molecular weight excluding hydrogens is 317 g/mol. The van der Waals surface area contributed by atoms with Crippen LogP contribution in [-0.2, 0) is 6.54 Å². The first kappa shape index (κ1) is 15.9. The number of hydrogen-bond acceptors (Lipinski definition) is 5. The van der Waals surface area contributed by atoms with Crippen molar-refractivity contribution in [2.45, 2.75) is 13.0 Å². The molecule has 3 aromatic rings. The number of aromatic nitrogens is 3. The molecule has 2 aromatic heterocycles. The zero-order valence-corrected chi connectivity index (χ0v) is 14.0. The van der Waals surface area contributed by atoms with E-state index in [2.05, 4.69) is 30.8 Å². The van der Waals surface area contributed by atoms with Gasteiger partial charge in [-0.2, -0.15) is 0 Å². The maximum absolute atomic E-state index is 14.3. The minimum atomic E-state index is -0.261. The molecule has 5 nitrogen and oxygen atoms in total. The molecule has 1 saturated heterocycles. The molecule has 4 rings (SSSR count). The van der Waals surface area contributed by atoms with Gasteiger partial charge in [-0.05, 0) is 30.7 Å². The molecule has 6 heteroatoms. The maximum Gasteiger partial charge on any atom is 0.142 e. The van der Waals surface area contributed by atoms with Crippen molar-refractivity contribution in [3.63, 3.8) is 0 Å². The normalized spacial score (nSPS) is 16.1. The largest absolute Gasteiger partial charge is 0.355 e. The molecule has 0 spiro atoms. The Kier molecular flexibility index (Phi) is 4.52. The summed E-state index contributed by atoms with van der Waals surface area (Å²) in [5.41, 5.74) is 1.73. The van der Waals surface area contributed by atoms with Crippen molar-refractivity contribution in [3.8, 4) is 0 Å². The molecule has 0 aliphatic carbocycles. The van der Waals surface area contributed by atoms with Crippen LogP contribution in [0, 0.1) is 5.82 Å². The zero-order valence-electron chi connectivity index (χ0n) is 14.0. The predicted octanol–water partition coefficient (Wildman–Crippen LogP) is 2.88. The number of fused-ring (bicyclic) bond motifs is 1. The van der Waals surface area contributed by atoms with Gasteiger partial charge in [0.05, 0.1) is 16.6 Å². The summed E-state index contributed by atoms with van der Waals surface area (Å²) in [5.74, 6) is 0.436. The van der Waals surface area contributed by atoms with Crippen LogP contribution in [0.3, 0.4) is 0 Å². The van der Waals surface area contributed by atoms with E-state index >= 15 is 0 Å². The van der Waals surface area contributed by atoms with Crippen LogP contribution in [0.25, 0.3) is 10.9 Å². The second-order valence-corrected chi connectivity index (χ2v) is 6.27. The van der Waals surface area contributed by atoms with Gasteiger partial charge < -0.3 is 4.90 Å². The van der Waals surface area contributed by atoms with Gasteiger partial charge in [0.1, 0.15) is 18.0 Å². The van der Waals surface area contributed by atoms with Crippen LogP contribution in [0.1, 0.15) is 12.1 Å².